The van der Waals surface area contributed by atoms with Crippen molar-refractivity contribution < 1.29 is 4.84 Å². The van der Waals surface area contributed by atoms with Gasteiger partial charge in [-0.25, -0.2) is 5.06 Å². The van der Waals surface area contributed by atoms with Crippen LogP contribution in [0.15, 0.2) is 47.1 Å². The molecule has 0 unspecified atom stereocenters. The average Bonchev–Trinajstić information content (AvgIpc) is 2.73. The fourth-order valence-electron chi connectivity index (χ4n) is 1.90. The zero-order valence-corrected chi connectivity index (χ0v) is 10.7. The number of rotatable bonds is 2. The maximum Gasteiger partial charge on any atom is 0.155 e. The summed E-state index contributed by atoms with van der Waals surface area (Å²) < 4.78 is 0.972. The molecule has 4 heteroatoms. The summed E-state index contributed by atoms with van der Waals surface area (Å²) >= 11 is 3.43. The van der Waals surface area contributed by atoms with E-state index in [-0.39, 0.29) is 0 Å². The number of fused-ring (bicyclic) bond motifs is 1. The van der Waals surface area contributed by atoms with Crippen molar-refractivity contribution in [2.24, 2.45) is 0 Å². The Balaban J connectivity index is 1.86. The third-order valence-corrected chi connectivity index (χ3v) is 3.13. The molecule has 86 valence electrons. The van der Waals surface area contributed by atoms with E-state index in [2.05, 4.69) is 20.9 Å². The lowest BCUT2D eigenvalue weighted by atomic mass is 10.3. The van der Waals surface area contributed by atoms with E-state index in [1.807, 2.05) is 47.7 Å². The van der Waals surface area contributed by atoms with Gasteiger partial charge in [0.25, 0.3) is 0 Å². The molecule has 0 saturated carbocycles. The Kier molecular flexibility index (Phi) is 2.73. The zero-order chi connectivity index (χ0) is 11.7. The lowest BCUT2D eigenvalue weighted by Crippen LogP contribution is -2.24. The van der Waals surface area contributed by atoms with Crippen LogP contribution in [0.5, 0.6) is 5.75 Å². The normalized spacial score (nSPS) is 13.6. The summed E-state index contributed by atoms with van der Waals surface area (Å²) in [6.45, 7) is 0.841. The molecular formula is C13H11BrN2O. The molecule has 2 heterocycles. The Labute approximate surface area is 108 Å². The SMILES string of the molecule is Brc1cnc2c(c1)N(Oc1ccccc1)CC2. The van der Waals surface area contributed by atoms with E-state index in [1.54, 1.807) is 0 Å². The second kappa shape index (κ2) is 4.37. The molecule has 0 bridgehead atoms. The predicted octanol–water partition coefficient (Wildman–Crippen LogP) is 3.20. The third kappa shape index (κ3) is 2.13. The lowest BCUT2D eigenvalue weighted by Gasteiger charge is -2.19. The van der Waals surface area contributed by atoms with E-state index in [0.29, 0.717) is 0 Å². The first-order chi connectivity index (χ1) is 8.33. The van der Waals surface area contributed by atoms with E-state index >= 15 is 0 Å². The number of halogens is 1. The summed E-state index contributed by atoms with van der Waals surface area (Å²) in [5.41, 5.74) is 2.13. The summed E-state index contributed by atoms with van der Waals surface area (Å²) in [7, 11) is 0. The fourth-order valence-corrected chi connectivity index (χ4v) is 2.22. The number of anilines is 1. The number of pyridine rings is 1. The maximum absolute atomic E-state index is 5.83. The van der Waals surface area contributed by atoms with Crippen molar-refractivity contribution in [1.29, 1.82) is 0 Å². The Morgan fingerprint density at radius 3 is 2.88 bits per heavy atom. The van der Waals surface area contributed by atoms with Crippen molar-refractivity contribution >= 4 is 21.6 Å². The quantitative estimate of drug-likeness (QED) is 0.849. The first kappa shape index (κ1) is 10.6. The van der Waals surface area contributed by atoms with Crippen LogP contribution in [0.1, 0.15) is 5.69 Å². The molecule has 2 aromatic rings. The van der Waals surface area contributed by atoms with E-state index < -0.39 is 0 Å². The van der Waals surface area contributed by atoms with Crippen molar-refractivity contribution in [2.45, 2.75) is 6.42 Å². The van der Waals surface area contributed by atoms with Gasteiger partial charge in [-0.05, 0) is 34.1 Å². The van der Waals surface area contributed by atoms with Crippen LogP contribution in [0.4, 0.5) is 5.69 Å². The molecule has 0 aliphatic carbocycles. The fraction of sp³-hybridized carbons (Fsp3) is 0.154. The Morgan fingerprint density at radius 1 is 1.24 bits per heavy atom. The number of aromatic nitrogens is 1. The van der Waals surface area contributed by atoms with Gasteiger partial charge in [-0.3, -0.25) is 4.98 Å². The van der Waals surface area contributed by atoms with Gasteiger partial charge in [0.1, 0.15) is 0 Å². The van der Waals surface area contributed by atoms with Gasteiger partial charge in [-0.1, -0.05) is 18.2 Å². The first-order valence-corrected chi connectivity index (χ1v) is 6.27. The van der Waals surface area contributed by atoms with Gasteiger partial charge >= 0.3 is 0 Å². The molecule has 17 heavy (non-hydrogen) atoms. The van der Waals surface area contributed by atoms with Crippen LogP contribution < -0.4 is 9.90 Å². The number of hydrogen-bond donors (Lipinski definition) is 0. The standard InChI is InChI=1S/C13H11BrN2O/c14-10-8-13-12(15-9-10)6-7-16(13)17-11-4-2-1-3-5-11/h1-5,8-9H,6-7H2. The van der Waals surface area contributed by atoms with Crippen LogP contribution >= 0.6 is 15.9 Å². The summed E-state index contributed by atoms with van der Waals surface area (Å²) in [5.74, 6) is 0.848. The molecule has 3 nitrogen and oxygen atoms in total. The van der Waals surface area contributed by atoms with Gasteiger partial charge in [0.15, 0.2) is 5.75 Å². The van der Waals surface area contributed by atoms with E-state index in [9.17, 15) is 0 Å². The number of nitrogens with zero attached hydrogens (tertiary/aromatic N) is 2. The van der Waals surface area contributed by atoms with Gasteiger partial charge in [-0.15, -0.1) is 0 Å². The molecule has 1 aliphatic rings. The summed E-state index contributed by atoms with van der Waals surface area (Å²) in [6, 6.07) is 11.8. The highest BCUT2D eigenvalue weighted by molar-refractivity contribution is 9.10. The molecular weight excluding hydrogens is 280 g/mol. The molecule has 1 aliphatic heterocycles. The van der Waals surface area contributed by atoms with Gasteiger partial charge in [0.2, 0.25) is 0 Å². The number of hydroxylamine groups is 1. The molecule has 0 atom stereocenters. The molecule has 0 N–H and O–H groups in total. The van der Waals surface area contributed by atoms with Gasteiger partial charge in [-0.2, -0.15) is 0 Å². The molecule has 0 fully saturated rings. The second-order valence-corrected chi connectivity index (χ2v) is 4.79. The smallest absolute Gasteiger partial charge is 0.155 e. The summed E-state index contributed by atoms with van der Waals surface area (Å²) in [5, 5.41) is 1.89. The van der Waals surface area contributed by atoms with E-state index in [0.717, 1.165) is 34.6 Å². The predicted molar refractivity (Wildman–Crippen MR) is 70.1 cm³/mol. The number of hydrogen-bond acceptors (Lipinski definition) is 3. The zero-order valence-electron chi connectivity index (χ0n) is 9.14. The largest absolute Gasteiger partial charge is 0.380 e. The monoisotopic (exact) mass is 290 g/mol. The molecule has 3 rings (SSSR count). The minimum atomic E-state index is 0.841. The van der Waals surface area contributed by atoms with Crippen molar-refractivity contribution in [3.05, 3.63) is 52.8 Å². The van der Waals surface area contributed by atoms with Crippen LogP contribution in [0.2, 0.25) is 0 Å². The molecule has 1 aromatic heterocycles. The van der Waals surface area contributed by atoms with Gasteiger partial charge in [0.05, 0.1) is 17.9 Å². The van der Waals surface area contributed by atoms with E-state index in [4.69, 9.17) is 4.84 Å². The highest BCUT2D eigenvalue weighted by atomic mass is 79.9. The van der Waals surface area contributed by atoms with Gasteiger partial charge in [0, 0.05) is 17.1 Å². The Morgan fingerprint density at radius 2 is 2.06 bits per heavy atom. The minimum Gasteiger partial charge on any atom is -0.380 e. The van der Waals surface area contributed by atoms with Crippen LogP contribution in [0.25, 0.3) is 0 Å². The Hall–Kier alpha value is -1.55. The van der Waals surface area contributed by atoms with Crippen molar-refractivity contribution in [1.82, 2.24) is 4.98 Å². The van der Waals surface area contributed by atoms with Crippen molar-refractivity contribution in [3.63, 3.8) is 0 Å². The number of benzene rings is 1. The van der Waals surface area contributed by atoms with Crippen LogP contribution in [-0.4, -0.2) is 11.5 Å². The first-order valence-electron chi connectivity index (χ1n) is 5.48. The molecule has 1 aromatic carbocycles. The topological polar surface area (TPSA) is 25.4 Å². The Bertz CT molecular complexity index is 530. The highest BCUT2D eigenvalue weighted by Gasteiger charge is 2.22. The number of para-hydroxylation sites is 1. The summed E-state index contributed by atoms with van der Waals surface area (Å²) in [6.07, 6.45) is 2.75. The molecule has 0 amide bonds. The lowest BCUT2D eigenvalue weighted by molar-refractivity contribution is 0.288. The minimum absolute atomic E-state index is 0.841. The maximum atomic E-state index is 5.83. The molecule has 0 spiro atoms. The van der Waals surface area contributed by atoms with Crippen molar-refractivity contribution in [2.75, 3.05) is 11.6 Å². The third-order valence-electron chi connectivity index (χ3n) is 2.69. The van der Waals surface area contributed by atoms with Crippen LogP contribution in [0.3, 0.4) is 0 Å². The van der Waals surface area contributed by atoms with Crippen LogP contribution in [-0.2, 0) is 6.42 Å². The molecule has 0 saturated heterocycles. The summed E-state index contributed by atoms with van der Waals surface area (Å²) in [4.78, 5) is 10.2. The second-order valence-electron chi connectivity index (χ2n) is 3.88. The van der Waals surface area contributed by atoms with Crippen LogP contribution in [0, 0.1) is 0 Å². The average molecular weight is 291 g/mol. The van der Waals surface area contributed by atoms with E-state index in [1.165, 1.54) is 0 Å². The highest BCUT2D eigenvalue weighted by Crippen LogP contribution is 2.29. The molecule has 0 radical (unpaired) electrons. The van der Waals surface area contributed by atoms with Crippen molar-refractivity contribution in [3.8, 4) is 5.75 Å². The van der Waals surface area contributed by atoms with Gasteiger partial charge < -0.3 is 4.84 Å².